The van der Waals surface area contributed by atoms with Gasteiger partial charge >= 0.3 is 0 Å². The smallest absolute Gasteiger partial charge is 0.221 e. The molecule has 0 aliphatic heterocycles. The zero-order chi connectivity index (χ0) is 12.0. The van der Waals surface area contributed by atoms with E-state index in [1.165, 1.54) is 5.56 Å². The van der Waals surface area contributed by atoms with E-state index in [2.05, 4.69) is 41.8 Å². The zero-order valence-corrected chi connectivity index (χ0v) is 10.2. The number of aryl methyl sites for hydroxylation is 1. The first kappa shape index (κ1) is 12.7. The van der Waals surface area contributed by atoms with E-state index in [-0.39, 0.29) is 11.9 Å². The second kappa shape index (κ2) is 6.28. The Bertz CT molecular complexity index is 332. The van der Waals surface area contributed by atoms with Crippen molar-refractivity contribution in [3.63, 3.8) is 0 Å². The van der Waals surface area contributed by atoms with Crippen LogP contribution >= 0.6 is 0 Å². The predicted octanol–water partition coefficient (Wildman–Crippen LogP) is 1.78. The third kappa shape index (κ3) is 4.03. The van der Waals surface area contributed by atoms with E-state index < -0.39 is 0 Å². The fourth-order valence-electron chi connectivity index (χ4n) is 1.49. The quantitative estimate of drug-likeness (QED) is 0.794. The van der Waals surface area contributed by atoms with Crippen molar-refractivity contribution in [3.05, 3.63) is 35.4 Å². The van der Waals surface area contributed by atoms with Crippen LogP contribution in [0.15, 0.2) is 24.3 Å². The summed E-state index contributed by atoms with van der Waals surface area (Å²) in [5, 5.41) is 5.93. The van der Waals surface area contributed by atoms with Gasteiger partial charge in [0, 0.05) is 13.0 Å². The highest BCUT2D eigenvalue weighted by Crippen LogP contribution is 2.12. The summed E-state index contributed by atoms with van der Waals surface area (Å²) in [6, 6.07) is 8.30. The van der Waals surface area contributed by atoms with Crippen LogP contribution in [0, 0.1) is 6.92 Å². The molecule has 0 fully saturated rings. The summed E-state index contributed by atoms with van der Waals surface area (Å²) in [6.45, 7) is 4.77. The Morgan fingerprint density at radius 2 is 1.94 bits per heavy atom. The molecular weight excluding hydrogens is 200 g/mol. The normalized spacial score (nSPS) is 12.2. The molecule has 0 saturated heterocycles. The number of rotatable bonds is 5. The molecule has 2 N–H and O–H groups in total. The standard InChI is InChI=1S/C13H20N2O/c1-10-4-6-12(7-5-10)11(2)15-13(16)8-9-14-3/h4-7,11,14H,8-9H2,1-3H3,(H,15,16). The first-order valence-corrected chi connectivity index (χ1v) is 5.64. The minimum Gasteiger partial charge on any atom is -0.350 e. The molecule has 16 heavy (non-hydrogen) atoms. The zero-order valence-electron chi connectivity index (χ0n) is 10.2. The summed E-state index contributed by atoms with van der Waals surface area (Å²) in [7, 11) is 1.84. The van der Waals surface area contributed by atoms with Gasteiger partial charge in [-0.2, -0.15) is 0 Å². The van der Waals surface area contributed by atoms with Crippen molar-refractivity contribution >= 4 is 5.91 Å². The summed E-state index contributed by atoms with van der Waals surface area (Å²) < 4.78 is 0. The lowest BCUT2D eigenvalue weighted by molar-refractivity contribution is -0.121. The van der Waals surface area contributed by atoms with Gasteiger partial charge in [0.25, 0.3) is 0 Å². The van der Waals surface area contributed by atoms with Gasteiger partial charge in [0.1, 0.15) is 0 Å². The minimum atomic E-state index is 0.0740. The molecule has 1 aromatic carbocycles. The lowest BCUT2D eigenvalue weighted by Crippen LogP contribution is -2.29. The molecule has 0 bridgehead atoms. The van der Waals surface area contributed by atoms with Crippen molar-refractivity contribution < 1.29 is 4.79 Å². The SMILES string of the molecule is CNCCC(=O)NC(C)c1ccc(C)cc1. The fraction of sp³-hybridized carbons (Fsp3) is 0.462. The van der Waals surface area contributed by atoms with E-state index >= 15 is 0 Å². The van der Waals surface area contributed by atoms with E-state index in [0.717, 1.165) is 5.56 Å². The predicted molar refractivity (Wildman–Crippen MR) is 66.3 cm³/mol. The van der Waals surface area contributed by atoms with Gasteiger partial charge in [0.2, 0.25) is 5.91 Å². The first-order chi connectivity index (χ1) is 7.63. The number of carbonyl (C=O) groups excluding carboxylic acids is 1. The number of amides is 1. The van der Waals surface area contributed by atoms with E-state index in [1.807, 2.05) is 14.0 Å². The van der Waals surface area contributed by atoms with Crippen LogP contribution in [0.3, 0.4) is 0 Å². The summed E-state index contributed by atoms with van der Waals surface area (Å²) >= 11 is 0. The fourth-order valence-corrected chi connectivity index (χ4v) is 1.49. The Labute approximate surface area is 97.2 Å². The summed E-state index contributed by atoms with van der Waals surface area (Å²) in [6.07, 6.45) is 0.521. The number of hydrogen-bond donors (Lipinski definition) is 2. The van der Waals surface area contributed by atoms with E-state index in [1.54, 1.807) is 0 Å². The molecule has 88 valence electrons. The molecule has 0 aliphatic carbocycles. The number of hydrogen-bond acceptors (Lipinski definition) is 2. The second-order valence-electron chi connectivity index (χ2n) is 4.05. The van der Waals surface area contributed by atoms with Crippen molar-refractivity contribution in [1.29, 1.82) is 0 Å². The van der Waals surface area contributed by atoms with E-state index in [9.17, 15) is 4.79 Å². The van der Waals surface area contributed by atoms with Crippen LogP contribution in [0.25, 0.3) is 0 Å². The summed E-state index contributed by atoms with van der Waals surface area (Å²) in [4.78, 5) is 11.5. The van der Waals surface area contributed by atoms with Gasteiger partial charge in [-0.1, -0.05) is 29.8 Å². The van der Waals surface area contributed by atoms with Crippen LogP contribution in [0.5, 0.6) is 0 Å². The molecule has 0 spiro atoms. The molecular formula is C13H20N2O. The Balaban J connectivity index is 2.48. The molecule has 1 atom stereocenters. The Morgan fingerprint density at radius 3 is 2.50 bits per heavy atom. The molecule has 0 heterocycles. The molecule has 0 radical (unpaired) electrons. The van der Waals surface area contributed by atoms with Gasteiger partial charge in [-0.15, -0.1) is 0 Å². The van der Waals surface area contributed by atoms with Crippen LogP contribution in [0.1, 0.15) is 30.5 Å². The van der Waals surface area contributed by atoms with Crippen LogP contribution < -0.4 is 10.6 Å². The maximum absolute atomic E-state index is 11.5. The van der Waals surface area contributed by atoms with Crippen LogP contribution in [-0.4, -0.2) is 19.5 Å². The van der Waals surface area contributed by atoms with Crippen molar-refractivity contribution in [2.24, 2.45) is 0 Å². The molecule has 1 rings (SSSR count). The third-order valence-corrected chi connectivity index (χ3v) is 2.56. The van der Waals surface area contributed by atoms with Gasteiger partial charge in [0.05, 0.1) is 6.04 Å². The third-order valence-electron chi connectivity index (χ3n) is 2.56. The lowest BCUT2D eigenvalue weighted by atomic mass is 10.1. The molecule has 1 amide bonds. The van der Waals surface area contributed by atoms with Crippen LogP contribution in [-0.2, 0) is 4.79 Å². The Kier molecular flexibility index (Phi) is 4.99. The number of nitrogens with one attached hydrogen (secondary N) is 2. The van der Waals surface area contributed by atoms with Gasteiger partial charge in [-0.3, -0.25) is 4.79 Å². The molecule has 0 aromatic heterocycles. The van der Waals surface area contributed by atoms with Gasteiger partial charge in [0.15, 0.2) is 0 Å². The topological polar surface area (TPSA) is 41.1 Å². The molecule has 0 saturated carbocycles. The highest BCUT2D eigenvalue weighted by atomic mass is 16.1. The maximum atomic E-state index is 11.5. The molecule has 1 aromatic rings. The van der Waals surface area contributed by atoms with Gasteiger partial charge in [-0.25, -0.2) is 0 Å². The van der Waals surface area contributed by atoms with Crippen molar-refractivity contribution in [1.82, 2.24) is 10.6 Å². The number of carbonyl (C=O) groups is 1. The van der Waals surface area contributed by atoms with Crippen molar-refractivity contribution in [2.45, 2.75) is 26.3 Å². The first-order valence-electron chi connectivity index (χ1n) is 5.64. The van der Waals surface area contributed by atoms with Gasteiger partial charge in [-0.05, 0) is 26.5 Å². The minimum absolute atomic E-state index is 0.0740. The largest absolute Gasteiger partial charge is 0.350 e. The number of benzene rings is 1. The Morgan fingerprint density at radius 1 is 1.31 bits per heavy atom. The van der Waals surface area contributed by atoms with Crippen molar-refractivity contribution in [2.75, 3.05) is 13.6 Å². The van der Waals surface area contributed by atoms with Crippen LogP contribution in [0.4, 0.5) is 0 Å². The maximum Gasteiger partial charge on any atom is 0.221 e. The molecule has 0 aliphatic rings. The highest BCUT2D eigenvalue weighted by molar-refractivity contribution is 5.76. The lowest BCUT2D eigenvalue weighted by Gasteiger charge is -2.14. The average molecular weight is 220 g/mol. The summed E-state index contributed by atoms with van der Waals surface area (Å²) in [5.41, 5.74) is 2.38. The monoisotopic (exact) mass is 220 g/mol. The summed E-state index contributed by atoms with van der Waals surface area (Å²) in [5.74, 6) is 0.0856. The Hall–Kier alpha value is -1.35. The molecule has 3 nitrogen and oxygen atoms in total. The second-order valence-corrected chi connectivity index (χ2v) is 4.05. The van der Waals surface area contributed by atoms with Gasteiger partial charge < -0.3 is 10.6 Å². The average Bonchev–Trinajstić information content (AvgIpc) is 2.27. The highest BCUT2D eigenvalue weighted by Gasteiger charge is 2.08. The van der Waals surface area contributed by atoms with E-state index in [0.29, 0.717) is 13.0 Å². The van der Waals surface area contributed by atoms with Crippen LogP contribution in [0.2, 0.25) is 0 Å². The van der Waals surface area contributed by atoms with Crippen molar-refractivity contribution in [3.8, 4) is 0 Å². The molecule has 3 heteroatoms. The molecule has 1 unspecified atom stereocenters. The van der Waals surface area contributed by atoms with E-state index in [4.69, 9.17) is 0 Å².